The molecule has 1 saturated heterocycles. The highest BCUT2D eigenvalue weighted by Gasteiger charge is 2.17. The fourth-order valence-corrected chi connectivity index (χ4v) is 4.97. The van der Waals surface area contributed by atoms with Crippen molar-refractivity contribution in [2.45, 2.75) is 30.5 Å². The minimum Gasteiger partial charge on any atom is -0.325 e. The fraction of sp³-hybridized carbons (Fsp3) is 0.381. The van der Waals surface area contributed by atoms with Crippen LogP contribution in [-0.2, 0) is 11.3 Å². The molecule has 1 heterocycles. The molecule has 1 fully saturated rings. The van der Waals surface area contributed by atoms with Crippen LogP contribution in [0.2, 0.25) is 0 Å². The second kappa shape index (κ2) is 10.1. The fourth-order valence-electron chi connectivity index (χ4n) is 3.12. The van der Waals surface area contributed by atoms with Gasteiger partial charge < -0.3 is 5.32 Å². The first-order valence-electron chi connectivity index (χ1n) is 9.54. The van der Waals surface area contributed by atoms with Gasteiger partial charge in [-0.25, -0.2) is 0 Å². The Hall–Kier alpha value is -2.03. The van der Waals surface area contributed by atoms with E-state index in [1.165, 1.54) is 41.0 Å². The first kappa shape index (κ1) is 21.7. The smallest absolute Gasteiger partial charge is 0.269 e. The molecular weight excluding hydrogens is 406 g/mol. The van der Waals surface area contributed by atoms with Crippen LogP contribution in [0.4, 0.5) is 11.4 Å². The van der Waals surface area contributed by atoms with Crippen molar-refractivity contribution < 1.29 is 9.72 Å². The van der Waals surface area contributed by atoms with Crippen LogP contribution >= 0.6 is 23.5 Å². The molecule has 154 valence electrons. The van der Waals surface area contributed by atoms with Crippen molar-refractivity contribution >= 4 is 40.8 Å². The topological polar surface area (TPSA) is 75.5 Å². The largest absolute Gasteiger partial charge is 0.325 e. The van der Waals surface area contributed by atoms with E-state index in [0.29, 0.717) is 0 Å². The van der Waals surface area contributed by atoms with Crippen LogP contribution in [0.25, 0.3) is 0 Å². The average Bonchev–Trinajstić information content (AvgIpc) is 2.71. The van der Waals surface area contributed by atoms with Crippen molar-refractivity contribution in [3.05, 3.63) is 63.7 Å². The Morgan fingerprint density at radius 1 is 1.24 bits per heavy atom. The normalized spacial score (nSPS) is 15.7. The molecule has 8 heteroatoms. The molecule has 0 aliphatic carbocycles. The molecule has 2 aromatic rings. The van der Waals surface area contributed by atoms with Gasteiger partial charge in [-0.15, -0.1) is 11.8 Å². The number of hydrogen-bond acceptors (Lipinski definition) is 6. The van der Waals surface area contributed by atoms with Crippen LogP contribution in [0.3, 0.4) is 0 Å². The average molecular weight is 432 g/mol. The number of non-ortho nitro benzene ring substituents is 1. The van der Waals surface area contributed by atoms with E-state index in [4.69, 9.17) is 0 Å². The lowest BCUT2D eigenvalue weighted by atomic mass is 10.1. The van der Waals surface area contributed by atoms with Gasteiger partial charge in [-0.2, -0.15) is 11.8 Å². The molecule has 1 atom stereocenters. The van der Waals surface area contributed by atoms with Crippen LogP contribution in [-0.4, -0.2) is 45.6 Å². The van der Waals surface area contributed by atoms with Crippen molar-refractivity contribution in [3.63, 3.8) is 0 Å². The third kappa shape index (κ3) is 6.22. The summed E-state index contributed by atoms with van der Waals surface area (Å²) in [6.07, 6.45) is 0. The van der Waals surface area contributed by atoms with Gasteiger partial charge in [-0.3, -0.25) is 19.8 Å². The maximum Gasteiger partial charge on any atom is 0.269 e. The SMILES string of the molecule is Cc1cc(CN2CCSCC2)ccc1NC(=O)C(C)Sc1ccc([N+](=O)[O-])cc1. The number of nitro benzene ring substituents is 1. The number of nitrogens with one attached hydrogen (secondary N) is 1. The molecule has 1 unspecified atom stereocenters. The van der Waals surface area contributed by atoms with Gasteiger partial charge in [0.05, 0.1) is 10.2 Å². The van der Waals surface area contributed by atoms with E-state index in [0.717, 1.165) is 35.8 Å². The summed E-state index contributed by atoms with van der Waals surface area (Å²) in [6, 6.07) is 12.5. The summed E-state index contributed by atoms with van der Waals surface area (Å²) >= 11 is 3.39. The zero-order chi connectivity index (χ0) is 20.8. The van der Waals surface area contributed by atoms with E-state index < -0.39 is 4.92 Å². The molecule has 6 nitrogen and oxygen atoms in total. The van der Waals surface area contributed by atoms with Crippen molar-refractivity contribution in [1.29, 1.82) is 0 Å². The highest BCUT2D eigenvalue weighted by molar-refractivity contribution is 8.00. The Morgan fingerprint density at radius 3 is 2.55 bits per heavy atom. The molecule has 1 aliphatic rings. The number of carbonyl (C=O) groups excluding carboxylic acids is 1. The molecule has 3 rings (SSSR count). The number of aryl methyl sites for hydroxylation is 1. The number of benzene rings is 2. The molecule has 29 heavy (non-hydrogen) atoms. The Morgan fingerprint density at radius 2 is 1.93 bits per heavy atom. The van der Waals surface area contributed by atoms with Gasteiger partial charge in [-0.1, -0.05) is 12.1 Å². The third-order valence-corrected chi connectivity index (χ3v) is 6.84. The van der Waals surface area contributed by atoms with E-state index in [1.54, 1.807) is 12.1 Å². The number of carbonyl (C=O) groups is 1. The van der Waals surface area contributed by atoms with E-state index in [2.05, 4.69) is 22.3 Å². The monoisotopic (exact) mass is 431 g/mol. The summed E-state index contributed by atoms with van der Waals surface area (Å²) in [4.78, 5) is 26.2. The molecule has 1 amide bonds. The molecule has 2 aromatic carbocycles. The van der Waals surface area contributed by atoms with Gasteiger partial charge in [-0.05, 0) is 43.2 Å². The molecule has 0 spiro atoms. The summed E-state index contributed by atoms with van der Waals surface area (Å²) < 4.78 is 0. The predicted molar refractivity (Wildman–Crippen MR) is 121 cm³/mol. The summed E-state index contributed by atoms with van der Waals surface area (Å²) in [7, 11) is 0. The number of hydrogen-bond donors (Lipinski definition) is 1. The first-order valence-corrected chi connectivity index (χ1v) is 11.6. The second-order valence-electron chi connectivity index (χ2n) is 7.04. The van der Waals surface area contributed by atoms with Crippen LogP contribution in [0.5, 0.6) is 0 Å². The van der Waals surface area contributed by atoms with E-state index in [-0.39, 0.29) is 16.8 Å². The first-order chi connectivity index (χ1) is 13.9. The van der Waals surface area contributed by atoms with Gasteiger partial charge in [0.1, 0.15) is 0 Å². The molecule has 1 aliphatic heterocycles. The minimum absolute atomic E-state index is 0.0467. The number of nitro groups is 1. The maximum atomic E-state index is 12.6. The van der Waals surface area contributed by atoms with Gasteiger partial charge >= 0.3 is 0 Å². The maximum absolute atomic E-state index is 12.6. The quantitative estimate of drug-likeness (QED) is 0.393. The standard InChI is InChI=1S/C21H25N3O3S2/c1-15-13-17(14-23-9-11-28-12-10-23)3-8-20(15)22-21(25)16(2)29-19-6-4-18(5-7-19)24(26)27/h3-8,13,16H,9-12,14H2,1-2H3,(H,22,25). The lowest BCUT2D eigenvalue weighted by Gasteiger charge is -2.26. The Bertz CT molecular complexity index is 868. The van der Waals surface area contributed by atoms with E-state index >= 15 is 0 Å². The molecule has 0 bridgehead atoms. The third-order valence-electron chi connectivity index (χ3n) is 4.79. The predicted octanol–water partition coefficient (Wildman–Crippen LogP) is 4.57. The van der Waals surface area contributed by atoms with Crippen LogP contribution in [0.1, 0.15) is 18.1 Å². The van der Waals surface area contributed by atoms with Crippen LogP contribution < -0.4 is 5.32 Å². The second-order valence-corrected chi connectivity index (χ2v) is 9.68. The summed E-state index contributed by atoms with van der Waals surface area (Å²) in [5.74, 6) is 2.30. The Balaban J connectivity index is 1.56. The Kier molecular flexibility index (Phi) is 7.57. The minimum atomic E-state index is -0.429. The van der Waals surface area contributed by atoms with Crippen LogP contribution in [0.15, 0.2) is 47.4 Å². The Labute approximate surface area is 179 Å². The summed E-state index contributed by atoms with van der Waals surface area (Å²) in [5, 5.41) is 13.4. The van der Waals surface area contributed by atoms with Crippen LogP contribution in [0, 0.1) is 17.0 Å². The number of amides is 1. The van der Waals surface area contributed by atoms with E-state index in [9.17, 15) is 14.9 Å². The zero-order valence-corrected chi connectivity index (χ0v) is 18.2. The zero-order valence-electron chi connectivity index (χ0n) is 16.6. The van der Waals surface area contributed by atoms with Gasteiger partial charge in [0.25, 0.3) is 5.69 Å². The lowest BCUT2D eigenvalue weighted by Crippen LogP contribution is -2.32. The molecular formula is C21H25N3O3S2. The van der Waals surface area contributed by atoms with Crippen molar-refractivity contribution in [2.75, 3.05) is 29.9 Å². The number of anilines is 1. The van der Waals surface area contributed by atoms with Gasteiger partial charge in [0.2, 0.25) is 5.91 Å². The van der Waals surface area contributed by atoms with Gasteiger partial charge in [0, 0.05) is 53.9 Å². The number of nitrogens with zero attached hydrogens (tertiary/aromatic N) is 2. The highest BCUT2D eigenvalue weighted by atomic mass is 32.2. The molecule has 0 saturated carbocycles. The summed E-state index contributed by atoms with van der Waals surface area (Å²) in [5.41, 5.74) is 3.19. The van der Waals surface area contributed by atoms with E-state index in [1.807, 2.05) is 31.7 Å². The number of rotatable bonds is 7. The summed E-state index contributed by atoms with van der Waals surface area (Å²) in [6.45, 7) is 7.04. The lowest BCUT2D eigenvalue weighted by molar-refractivity contribution is -0.384. The highest BCUT2D eigenvalue weighted by Crippen LogP contribution is 2.27. The van der Waals surface area contributed by atoms with Crippen molar-refractivity contribution in [1.82, 2.24) is 4.90 Å². The molecule has 1 N–H and O–H groups in total. The number of thioether (sulfide) groups is 2. The van der Waals surface area contributed by atoms with Gasteiger partial charge in [0.15, 0.2) is 0 Å². The van der Waals surface area contributed by atoms with Crippen molar-refractivity contribution in [3.8, 4) is 0 Å². The van der Waals surface area contributed by atoms with Crippen molar-refractivity contribution in [2.24, 2.45) is 0 Å². The molecule has 0 aromatic heterocycles. The molecule has 0 radical (unpaired) electrons.